The molecular weight excluding hydrogens is 182 g/mol. The minimum atomic E-state index is -0.798. The van der Waals surface area contributed by atoms with Crippen LogP contribution in [0, 0.1) is 5.41 Å². The third kappa shape index (κ3) is 1.34. The molecule has 2 atom stereocenters. The van der Waals surface area contributed by atoms with Crippen molar-refractivity contribution in [3.05, 3.63) is 0 Å². The van der Waals surface area contributed by atoms with Gasteiger partial charge in [-0.15, -0.1) is 0 Å². The third-order valence-corrected chi connectivity index (χ3v) is 3.42. The average Bonchev–Trinajstić information content (AvgIpc) is 2.31. The molecule has 0 aromatic carbocycles. The van der Waals surface area contributed by atoms with E-state index in [1.54, 1.807) is 0 Å². The lowest BCUT2D eigenvalue weighted by Gasteiger charge is -2.28. The second-order valence-electron chi connectivity index (χ2n) is 4.33. The second kappa shape index (κ2) is 3.35. The summed E-state index contributed by atoms with van der Waals surface area (Å²) in [6.07, 6.45) is 3.73. The SMILES string of the molecule is O=C1CC2(CCCCCC2O)C(=O)N1. The van der Waals surface area contributed by atoms with Gasteiger partial charge in [-0.1, -0.05) is 19.3 Å². The van der Waals surface area contributed by atoms with Crippen molar-refractivity contribution in [2.75, 3.05) is 0 Å². The van der Waals surface area contributed by atoms with Gasteiger partial charge in [0.15, 0.2) is 0 Å². The first kappa shape index (κ1) is 9.65. The van der Waals surface area contributed by atoms with E-state index in [0.29, 0.717) is 12.8 Å². The molecule has 78 valence electrons. The summed E-state index contributed by atoms with van der Waals surface area (Å²) in [5, 5.41) is 12.2. The van der Waals surface area contributed by atoms with Crippen molar-refractivity contribution in [1.82, 2.24) is 5.32 Å². The van der Waals surface area contributed by atoms with Gasteiger partial charge in [-0.05, 0) is 12.8 Å². The number of carbonyl (C=O) groups is 2. The van der Waals surface area contributed by atoms with Gasteiger partial charge in [-0.3, -0.25) is 14.9 Å². The quantitative estimate of drug-likeness (QED) is 0.550. The van der Waals surface area contributed by atoms with Crippen molar-refractivity contribution < 1.29 is 14.7 Å². The summed E-state index contributed by atoms with van der Waals surface area (Å²) in [5.41, 5.74) is -0.798. The largest absolute Gasteiger partial charge is 0.392 e. The molecule has 2 fully saturated rings. The van der Waals surface area contributed by atoms with Crippen LogP contribution >= 0.6 is 0 Å². The number of aliphatic hydroxyl groups is 1. The molecule has 1 aliphatic carbocycles. The van der Waals surface area contributed by atoms with Gasteiger partial charge in [-0.2, -0.15) is 0 Å². The lowest BCUT2D eigenvalue weighted by molar-refractivity contribution is -0.134. The summed E-state index contributed by atoms with van der Waals surface area (Å²) in [6.45, 7) is 0. The molecule has 1 aliphatic heterocycles. The van der Waals surface area contributed by atoms with Crippen molar-refractivity contribution in [2.45, 2.75) is 44.6 Å². The van der Waals surface area contributed by atoms with Crippen LogP contribution in [0.5, 0.6) is 0 Å². The molecule has 4 heteroatoms. The van der Waals surface area contributed by atoms with Gasteiger partial charge in [0.1, 0.15) is 0 Å². The van der Waals surface area contributed by atoms with Gasteiger partial charge >= 0.3 is 0 Å². The minimum Gasteiger partial charge on any atom is -0.392 e. The van der Waals surface area contributed by atoms with Gasteiger partial charge in [0, 0.05) is 6.42 Å². The molecule has 0 aromatic heterocycles. The normalized spacial score (nSPS) is 38.5. The molecule has 14 heavy (non-hydrogen) atoms. The number of amides is 2. The maximum absolute atomic E-state index is 11.6. The molecule has 1 spiro atoms. The lowest BCUT2D eigenvalue weighted by Crippen LogP contribution is -2.41. The van der Waals surface area contributed by atoms with E-state index in [-0.39, 0.29) is 18.2 Å². The van der Waals surface area contributed by atoms with Crippen LogP contribution in [-0.4, -0.2) is 23.0 Å². The zero-order chi connectivity index (χ0) is 10.2. The highest BCUT2D eigenvalue weighted by molar-refractivity contribution is 6.06. The number of rotatable bonds is 0. The summed E-state index contributed by atoms with van der Waals surface area (Å²) in [7, 11) is 0. The Morgan fingerprint density at radius 1 is 1.29 bits per heavy atom. The zero-order valence-electron chi connectivity index (χ0n) is 8.08. The number of imide groups is 1. The van der Waals surface area contributed by atoms with Crippen molar-refractivity contribution in [1.29, 1.82) is 0 Å². The summed E-state index contributed by atoms with van der Waals surface area (Å²) in [4.78, 5) is 22.8. The maximum atomic E-state index is 11.6. The fourth-order valence-electron chi connectivity index (χ4n) is 2.53. The van der Waals surface area contributed by atoms with E-state index in [1.165, 1.54) is 0 Å². The molecule has 1 saturated carbocycles. The smallest absolute Gasteiger partial charge is 0.235 e. The molecule has 1 heterocycles. The Morgan fingerprint density at radius 3 is 2.71 bits per heavy atom. The first-order valence-corrected chi connectivity index (χ1v) is 5.17. The molecule has 0 aromatic rings. The zero-order valence-corrected chi connectivity index (χ0v) is 8.08. The van der Waals surface area contributed by atoms with Crippen molar-refractivity contribution in [3.63, 3.8) is 0 Å². The predicted octanol–water partition coefficient (Wildman–Crippen LogP) is 0.344. The summed E-state index contributed by atoms with van der Waals surface area (Å²) in [5.74, 6) is -0.507. The second-order valence-corrected chi connectivity index (χ2v) is 4.33. The molecule has 2 N–H and O–H groups in total. The fraction of sp³-hybridized carbons (Fsp3) is 0.800. The maximum Gasteiger partial charge on any atom is 0.235 e. The van der Waals surface area contributed by atoms with Crippen molar-refractivity contribution in [3.8, 4) is 0 Å². The Labute approximate surface area is 82.7 Å². The minimum absolute atomic E-state index is 0.174. The van der Waals surface area contributed by atoms with E-state index in [1.807, 2.05) is 0 Å². The molecule has 2 unspecified atom stereocenters. The van der Waals surface area contributed by atoms with Crippen LogP contribution in [0.15, 0.2) is 0 Å². The van der Waals surface area contributed by atoms with Gasteiger partial charge in [-0.25, -0.2) is 0 Å². The van der Waals surface area contributed by atoms with E-state index < -0.39 is 11.5 Å². The van der Waals surface area contributed by atoms with Gasteiger partial charge in [0.2, 0.25) is 11.8 Å². The highest BCUT2D eigenvalue weighted by Gasteiger charge is 2.51. The van der Waals surface area contributed by atoms with Crippen LogP contribution in [0.1, 0.15) is 38.5 Å². The summed E-state index contributed by atoms with van der Waals surface area (Å²) in [6, 6.07) is 0. The van der Waals surface area contributed by atoms with Crippen LogP contribution in [0.3, 0.4) is 0 Å². The third-order valence-electron chi connectivity index (χ3n) is 3.42. The highest BCUT2D eigenvalue weighted by atomic mass is 16.3. The number of carbonyl (C=O) groups excluding carboxylic acids is 2. The predicted molar refractivity (Wildman–Crippen MR) is 49.3 cm³/mol. The van der Waals surface area contributed by atoms with E-state index in [9.17, 15) is 14.7 Å². The average molecular weight is 197 g/mol. The van der Waals surface area contributed by atoms with Gasteiger partial charge < -0.3 is 5.11 Å². The van der Waals surface area contributed by atoms with E-state index in [0.717, 1.165) is 19.3 Å². The molecule has 4 nitrogen and oxygen atoms in total. The Hall–Kier alpha value is -0.900. The van der Waals surface area contributed by atoms with Gasteiger partial charge in [0.25, 0.3) is 0 Å². The first-order valence-electron chi connectivity index (χ1n) is 5.17. The molecular formula is C10H15NO3. The Balaban J connectivity index is 2.26. The van der Waals surface area contributed by atoms with Crippen LogP contribution in [0.2, 0.25) is 0 Å². The molecule has 0 bridgehead atoms. The number of nitrogens with one attached hydrogen (secondary N) is 1. The van der Waals surface area contributed by atoms with Crippen molar-refractivity contribution >= 4 is 11.8 Å². The summed E-state index contributed by atoms with van der Waals surface area (Å²) < 4.78 is 0. The topological polar surface area (TPSA) is 66.4 Å². The monoisotopic (exact) mass is 197 g/mol. The lowest BCUT2D eigenvalue weighted by atomic mass is 9.76. The molecule has 2 aliphatic rings. The number of hydrogen-bond donors (Lipinski definition) is 2. The fourth-order valence-corrected chi connectivity index (χ4v) is 2.53. The number of aliphatic hydroxyl groups excluding tert-OH is 1. The molecule has 0 radical (unpaired) electrons. The molecule has 2 amide bonds. The van der Waals surface area contributed by atoms with Crippen LogP contribution in [0.25, 0.3) is 0 Å². The van der Waals surface area contributed by atoms with Gasteiger partial charge in [0.05, 0.1) is 11.5 Å². The van der Waals surface area contributed by atoms with E-state index >= 15 is 0 Å². The Bertz CT molecular complexity index is 277. The highest BCUT2D eigenvalue weighted by Crippen LogP contribution is 2.41. The number of hydrogen-bond acceptors (Lipinski definition) is 3. The van der Waals surface area contributed by atoms with E-state index in [4.69, 9.17) is 0 Å². The molecule has 2 rings (SSSR count). The first-order chi connectivity index (χ1) is 6.65. The molecule has 1 saturated heterocycles. The van der Waals surface area contributed by atoms with Crippen molar-refractivity contribution in [2.24, 2.45) is 5.41 Å². The Morgan fingerprint density at radius 2 is 2.07 bits per heavy atom. The summed E-state index contributed by atoms with van der Waals surface area (Å²) >= 11 is 0. The Kier molecular flexibility index (Phi) is 2.31. The van der Waals surface area contributed by atoms with E-state index in [2.05, 4.69) is 5.32 Å². The van der Waals surface area contributed by atoms with Crippen LogP contribution in [0.4, 0.5) is 0 Å². The van der Waals surface area contributed by atoms with Crippen LogP contribution in [-0.2, 0) is 9.59 Å². The standard InChI is InChI=1S/C10H15NO3/c12-7-4-2-1-3-5-10(7)6-8(13)11-9(10)14/h7,12H,1-6H2,(H,11,13,14). The van der Waals surface area contributed by atoms with Crippen LogP contribution < -0.4 is 5.32 Å².